The van der Waals surface area contributed by atoms with Crippen molar-refractivity contribution in [2.24, 2.45) is 0 Å². The number of oxazole rings is 1. The minimum atomic E-state index is -0.241. The minimum Gasteiger partial charge on any atom is -0.497 e. The fraction of sp³-hybridized carbons (Fsp3) is 0.0769. The molecule has 0 spiro atoms. The molecule has 0 radical (unpaired) electrons. The summed E-state index contributed by atoms with van der Waals surface area (Å²) < 4.78 is 16.5. The first-order valence-electron chi connectivity index (χ1n) is 10.1. The van der Waals surface area contributed by atoms with Gasteiger partial charge in [0.2, 0.25) is 5.89 Å². The highest BCUT2D eigenvalue weighted by molar-refractivity contribution is 6.08. The zero-order valence-electron chi connectivity index (χ0n) is 17.6. The Balaban J connectivity index is 1.39. The lowest BCUT2D eigenvalue weighted by Gasteiger charge is -2.11. The first-order chi connectivity index (χ1) is 15.6. The van der Waals surface area contributed by atoms with Crippen LogP contribution in [0.5, 0.6) is 11.5 Å². The number of rotatable bonds is 5. The lowest BCUT2D eigenvalue weighted by atomic mass is 10.1. The molecule has 1 heterocycles. The van der Waals surface area contributed by atoms with Crippen LogP contribution in [0.25, 0.3) is 33.3 Å². The van der Waals surface area contributed by atoms with Crippen LogP contribution in [0.15, 0.2) is 83.3 Å². The van der Waals surface area contributed by atoms with Crippen molar-refractivity contribution in [3.63, 3.8) is 0 Å². The number of hydrogen-bond acceptors (Lipinski definition) is 5. The SMILES string of the molecule is COc1ccc2oc(-c3ccc(NC(=O)c4cc5ccccc5cc4OC)cc3)nc2c1. The minimum absolute atomic E-state index is 0.241. The first-order valence-corrected chi connectivity index (χ1v) is 10.1. The van der Waals surface area contributed by atoms with Crippen molar-refractivity contribution in [2.45, 2.75) is 0 Å². The van der Waals surface area contributed by atoms with Gasteiger partial charge in [0.25, 0.3) is 5.91 Å². The van der Waals surface area contributed by atoms with Crippen LogP contribution in [0, 0.1) is 0 Å². The summed E-state index contributed by atoms with van der Waals surface area (Å²) in [4.78, 5) is 17.5. The summed E-state index contributed by atoms with van der Waals surface area (Å²) in [5, 5.41) is 4.92. The second kappa shape index (κ2) is 8.07. The van der Waals surface area contributed by atoms with Crippen molar-refractivity contribution >= 4 is 33.5 Å². The molecule has 5 rings (SSSR count). The van der Waals surface area contributed by atoms with Crippen LogP contribution in [-0.2, 0) is 0 Å². The number of amides is 1. The summed E-state index contributed by atoms with van der Waals surface area (Å²) in [5.74, 6) is 1.51. The van der Waals surface area contributed by atoms with Gasteiger partial charge in [-0.25, -0.2) is 4.98 Å². The topological polar surface area (TPSA) is 73.6 Å². The molecule has 0 aliphatic carbocycles. The zero-order chi connectivity index (χ0) is 22.1. The van der Waals surface area contributed by atoms with E-state index in [0.29, 0.717) is 28.5 Å². The summed E-state index contributed by atoms with van der Waals surface area (Å²) in [7, 11) is 3.17. The van der Waals surface area contributed by atoms with E-state index in [-0.39, 0.29) is 5.91 Å². The Morgan fingerprint density at radius 3 is 2.34 bits per heavy atom. The number of carbonyl (C=O) groups excluding carboxylic acids is 1. The third-order valence-electron chi connectivity index (χ3n) is 5.30. The van der Waals surface area contributed by atoms with Gasteiger partial charge in [-0.2, -0.15) is 0 Å². The van der Waals surface area contributed by atoms with E-state index in [4.69, 9.17) is 13.9 Å². The predicted octanol–water partition coefficient (Wildman–Crippen LogP) is 5.92. The van der Waals surface area contributed by atoms with Crippen LogP contribution < -0.4 is 14.8 Å². The number of fused-ring (bicyclic) bond motifs is 2. The molecule has 4 aromatic carbocycles. The Bertz CT molecular complexity index is 1440. The van der Waals surface area contributed by atoms with Gasteiger partial charge in [0.05, 0.1) is 19.8 Å². The molecule has 0 saturated heterocycles. The summed E-state index contributed by atoms with van der Waals surface area (Å²) in [6.45, 7) is 0. The first kappa shape index (κ1) is 19.6. The number of methoxy groups -OCH3 is 2. The largest absolute Gasteiger partial charge is 0.497 e. The highest BCUT2D eigenvalue weighted by atomic mass is 16.5. The van der Waals surface area contributed by atoms with Crippen molar-refractivity contribution in [3.05, 3.63) is 84.4 Å². The van der Waals surface area contributed by atoms with Gasteiger partial charge >= 0.3 is 0 Å². The lowest BCUT2D eigenvalue weighted by molar-refractivity contribution is 0.102. The molecule has 0 aliphatic rings. The maximum atomic E-state index is 12.9. The number of nitrogens with one attached hydrogen (secondary N) is 1. The van der Waals surface area contributed by atoms with E-state index in [1.807, 2.05) is 78.9 Å². The van der Waals surface area contributed by atoms with Crippen molar-refractivity contribution in [1.82, 2.24) is 4.98 Å². The fourth-order valence-corrected chi connectivity index (χ4v) is 3.62. The van der Waals surface area contributed by atoms with Crippen LogP contribution in [-0.4, -0.2) is 25.1 Å². The molecule has 6 heteroatoms. The molecular formula is C26H20N2O4. The van der Waals surface area contributed by atoms with E-state index in [0.717, 1.165) is 27.6 Å². The molecule has 1 aromatic heterocycles. The molecule has 1 amide bonds. The van der Waals surface area contributed by atoms with Gasteiger partial charge in [0.15, 0.2) is 5.58 Å². The Kier molecular flexibility index (Phi) is 4.95. The normalized spacial score (nSPS) is 10.9. The van der Waals surface area contributed by atoms with E-state index in [2.05, 4.69) is 10.3 Å². The molecule has 0 saturated carbocycles. The summed E-state index contributed by atoms with van der Waals surface area (Å²) >= 11 is 0. The average Bonchev–Trinajstić information content (AvgIpc) is 3.27. The molecule has 0 atom stereocenters. The van der Waals surface area contributed by atoms with E-state index >= 15 is 0 Å². The number of nitrogens with zero attached hydrogens (tertiary/aromatic N) is 1. The highest BCUT2D eigenvalue weighted by Gasteiger charge is 2.15. The highest BCUT2D eigenvalue weighted by Crippen LogP contribution is 2.29. The van der Waals surface area contributed by atoms with Crippen molar-refractivity contribution in [3.8, 4) is 23.0 Å². The molecule has 32 heavy (non-hydrogen) atoms. The second-order valence-electron chi connectivity index (χ2n) is 7.28. The molecular weight excluding hydrogens is 404 g/mol. The predicted molar refractivity (Wildman–Crippen MR) is 124 cm³/mol. The van der Waals surface area contributed by atoms with Gasteiger partial charge in [0.1, 0.15) is 17.0 Å². The maximum absolute atomic E-state index is 12.9. The van der Waals surface area contributed by atoms with E-state index in [1.165, 1.54) is 0 Å². The standard InChI is InChI=1S/C26H20N2O4/c1-30-20-11-12-23-22(15-20)28-26(32-23)16-7-9-19(10-8-16)27-25(29)21-13-17-5-3-4-6-18(17)14-24(21)31-2/h3-15H,1-2H3,(H,27,29). The average molecular weight is 424 g/mol. The summed E-state index contributed by atoms with van der Waals surface area (Å²) in [6.07, 6.45) is 0. The molecule has 158 valence electrons. The molecule has 0 aliphatic heterocycles. The number of ether oxygens (including phenoxy) is 2. The van der Waals surface area contributed by atoms with Crippen molar-refractivity contribution in [1.29, 1.82) is 0 Å². The van der Waals surface area contributed by atoms with E-state index in [1.54, 1.807) is 14.2 Å². The smallest absolute Gasteiger partial charge is 0.259 e. The van der Waals surface area contributed by atoms with E-state index < -0.39 is 0 Å². The third-order valence-corrected chi connectivity index (χ3v) is 5.30. The number of anilines is 1. The molecule has 5 aromatic rings. The maximum Gasteiger partial charge on any atom is 0.259 e. The van der Waals surface area contributed by atoms with Gasteiger partial charge in [-0.1, -0.05) is 24.3 Å². The number of carbonyl (C=O) groups is 1. The van der Waals surface area contributed by atoms with E-state index in [9.17, 15) is 4.79 Å². The monoisotopic (exact) mass is 424 g/mol. The number of hydrogen-bond donors (Lipinski definition) is 1. The van der Waals surface area contributed by atoms with Gasteiger partial charge < -0.3 is 19.2 Å². The Labute approximate surface area is 184 Å². The van der Waals surface area contributed by atoms with Gasteiger partial charge in [-0.3, -0.25) is 4.79 Å². The Morgan fingerprint density at radius 2 is 1.62 bits per heavy atom. The summed E-state index contributed by atoms with van der Waals surface area (Å²) in [6, 6.07) is 24.4. The molecule has 0 unspecified atom stereocenters. The summed E-state index contributed by atoms with van der Waals surface area (Å²) in [5.41, 5.74) is 3.35. The van der Waals surface area contributed by atoms with Crippen molar-refractivity contribution in [2.75, 3.05) is 19.5 Å². The molecule has 0 fully saturated rings. The zero-order valence-corrected chi connectivity index (χ0v) is 17.6. The molecule has 0 bridgehead atoms. The molecule has 1 N–H and O–H groups in total. The molecule has 6 nitrogen and oxygen atoms in total. The van der Waals surface area contributed by atoms with Gasteiger partial charge in [0, 0.05) is 17.3 Å². The van der Waals surface area contributed by atoms with Gasteiger partial charge in [-0.15, -0.1) is 0 Å². The van der Waals surface area contributed by atoms with Crippen LogP contribution in [0.1, 0.15) is 10.4 Å². The third kappa shape index (κ3) is 3.63. The lowest BCUT2D eigenvalue weighted by Crippen LogP contribution is -2.13. The van der Waals surface area contributed by atoms with Crippen LogP contribution in [0.4, 0.5) is 5.69 Å². The number of benzene rings is 4. The second-order valence-corrected chi connectivity index (χ2v) is 7.28. The Morgan fingerprint density at radius 1 is 0.875 bits per heavy atom. The fourth-order valence-electron chi connectivity index (χ4n) is 3.62. The van der Waals surface area contributed by atoms with Crippen molar-refractivity contribution < 1.29 is 18.7 Å². The van der Waals surface area contributed by atoms with Crippen LogP contribution in [0.2, 0.25) is 0 Å². The van der Waals surface area contributed by atoms with Crippen LogP contribution >= 0.6 is 0 Å². The van der Waals surface area contributed by atoms with Crippen LogP contribution in [0.3, 0.4) is 0 Å². The Hall–Kier alpha value is -4.32. The number of aromatic nitrogens is 1. The quantitative estimate of drug-likeness (QED) is 0.379. The van der Waals surface area contributed by atoms with Gasteiger partial charge in [-0.05, 0) is 59.3 Å².